The number of azo groups is 3. The van der Waals surface area contributed by atoms with E-state index in [1.54, 1.807) is 12.1 Å². The predicted octanol–water partition coefficient (Wildman–Crippen LogP) is 9.55. The molecule has 26 heteroatoms. The quantitative estimate of drug-likeness (QED) is 0.0316. The molecule has 23 nitrogen and oxygen atoms in total. The molecule has 0 aliphatic rings. The fourth-order valence-corrected chi connectivity index (χ4v) is 8.81. The van der Waals surface area contributed by atoms with Crippen molar-refractivity contribution in [2.75, 3.05) is 39.5 Å². The van der Waals surface area contributed by atoms with E-state index < -0.39 is 62.4 Å². The number of phenolic OH excluding ortho intramolecular Hbond substituents is 1. The molecule has 0 spiro atoms. The smallest absolute Gasteiger partial charge is 0.296 e. The van der Waals surface area contributed by atoms with Crippen molar-refractivity contribution in [3.63, 3.8) is 0 Å². The Labute approximate surface area is 391 Å². The number of anilines is 2. The third kappa shape index (κ3) is 10.5. The summed E-state index contributed by atoms with van der Waals surface area (Å²) >= 11 is 0. The fraction of sp³-hybridized carbons (Fsp3) is 0.0930. The SMILES string of the molecule is COc1cc(N=Nc2cc(OC)c(N=Nc3c(S(=O)(=O)O)cc4cc(NC(=O)c5ccc(N)cc5)ccc4c3O)cc2OC)c(OC)cc1N=Nc1cc(S(=O)(=O)O)c2cccc(S(=O)(=O)O)c2c1. The molecular formula is C43H36N8O15S3. The number of carbonyl (C=O) groups is 1. The zero-order chi connectivity index (χ0) is 50.0. The molecule has 356 valence electrons. The number of benzene rings is 7. The van der Waals surface area contributed by atoms with Gasteiger partial charge < -0.3 is 35.1 Å². The Hall–Kier alpha value is -8.14. The first-order chi connectivity index (χ1) is 32.6. The maximum Gasteiger partial charge on any atom is 0.296 e. The van der Waals surface area contributed by atoms with E-state index in [0.29, 0.717) is 11.3 Å². The topological polar surface area (TPSA) is 350 Å². The number of ether oxygens (including phenoxy) is 4. The number of hydrogen-bond acceptors (Lipinski definition) is 19. The average molecular weight is 1000 g/mol. The first-order valence-corrected chi connectivity index (χ1v) is 23.7. The van der Waals surface area contributed by atoms with Crippen molar-refractivity contribution >= 4 is 103 Å². The lowest BCUT2D eigenvalue weighted by Gasteiger charge is -2.12. The second kappa shape index (κ2) is 19.2. The van der Waals surface area contributed by atoms with E-state index >= 15 is 0 Å². The standard InChI is InChI=1S/C43H36N8O15S3/c1-63-34-19-31(35(64-2)18-30(34)47-46-26-16-29-28(39(17-26)68(57,58)59)6-5-7-38(29)67(54,55)56)48-49-32-20-37(66-4)33(21-36(32)65-3)50-51-41-40(69(60,61)62)15-23-14-25(12-13-27(23)42(41)52)45-43(53)22-8-10-24(44)11-9-22/h5-21,52H,44H2,1-4H3,(H,45,53)(H,54,55,56)(H,57,58,59)(H,60,61,62). The Kier molecular flexibility index (Phi) is 13.6. The van der Waals surface area contributed by atoms with Crippen LogP contribution in [0.3, 0.4) is 0 Å². The highest BCUT2D eigenvalue weighted by Gasteiger charge is 2.24. The van der Waals surface area contributed by atoms with Gasteiger partial charge in [0.2, 0.25) is 0 Å². The number of rotatable bonds is 15. The molecule has 0 saturated carbocycles. The van der Waals surface area contributed by atoms with Gasteiger partial charge in [0.1, 0.15) is 66.1 Å². The maximum atomic E-state index is 12.8. The van der Waals surface area contributed by atoms with Gasteiger partial charge in [-0.3, -0.25) is 18.5 Å². The minimum absolute atomic E-state index is 0.0112. The summed E-state index contributed by atoms with van der Waals surface area (Å²) in [4.78, 5) is 10.7. The molecule has 0 radical (unpaired) electrons. The Morgan fingerprint density at radius 3 is 1.51 bits per heavy atom. The van der Waals surface area contributed by atoms with Crippen molar-refractivity contribution in [2.45, 2.75) is 14.7 Å². The third-order valence-corrected chi connectivity index (χ3v) is 12.6. The molecule has 7 N–H and O–H groups in total. The number of nitrogen functional groups attached to an aromatic ring is 1. The molecule has 0 fully saturated rings. The van der Waals surface area contributed by atoms with Gasteiger partial charge in [0.25, 0.3) is 36.3 Å². The van der Waals surface area contributed by atoms with E-state index in [-0.39, 0.29) is 78.7 Å². The van der Waals surface area contributed by atoms with Gasteiger partial charge in [-0.25, -0.2) is 0 Å². The first kappa shape index (κ1) is 48.8. The van der Waals surface area contributed by atoms with Crippen LogP contribution in [-0.4, -0.2) is 78.4 Å². The van der Waals surface area contributed by atoms with E-state index in [1.165, 1.54) is 95.2 Å². The lowest BCUT2D eigenvalue weighted by molar-refractivity contribution is 0.102. The van der Waals surface area contributed by atoms with Crippen LogP contribution in [0.15, 0.2) is 149 Å². The minimum Gasteiger partial charge on any atom is -0.505 e. The number of aromatic hydroxyl groups is 1. The highest BCUT2D eigenvalue weighted by molar-refractivity contribution is 7.86. The van der Waals surface area contributed by atoms with Gasteiger partial charge in [-0.15, -0.1) is 25.6 Å². The summed E-state index contributed by atoms with van der Waals surface area (Å²) in [7, 11) is -9.60. The molecule has 0 aliphatic heterocycles. The number of fused-ring (bicyclic) bond motifs is 2. The summed E-state index contributed by atoms with van der Waals surface area (Å²) < 4.78 is 126. The highest BCUT2D eigenvalue weighted by atomic mass is 32.2. The largest absolute Gasteiger partial charge is 0.505 e. The second-order valence-corrected chi connectivity index (χ2v) is 18.5. The monoisotopic (exact) mass is 1000 g/mol. The van der Waals surface area contributed by atoms with Crippen LogP contribution in [0, 0.1) is 0 Å². The normalized spacial score (nSPS) is 12.3. The van der Waals surface area contributed by atoms with E-state index in [1.807, 2.05) is 0 Å². The highest BCUT2D eigenvalue weighted by Crippen LogP contribution is 2.46. The van der Waals surface area contributed by atoms with Crippen LogP contribution < -0.4 is 30.0 Å². The van der Waals surface area contributed by atoms with Crippen LogP contribution in [0.25, 0.3) is 21.5 Å². The summed E-state index contributed by atoms with van der Waals surface area (Å²) in [6, 6.07) is 22.4. The Morgan fingerprint density at radius 1 is 0.522 bits per heavy atom. The first-order valence-electron chi connectivity index (χ1n) is 19.4. The summed E-state index contributed by atoms with van der Waals surface area (Å²) in [6.07, 6.45) is 0. The van der Waals surface area contributed by atoms with Crippen LogP contribution in [0.1, 0.15) is 10.4 Å². The van der Waals surface area contributed by atoms with Crippen molar-refractivity contribution in [1.82, 2.24) is 0 Å². The number of amides is 1. The molecule has 1 amide bonds. The third-order valence-electron chi connectivity index (χ3n) is 9.98. The van der Waals surface area contributed by atoms with Crippen LogP contribution in [0.4, 0.5) is 45.5 Å². The summed E-state index contributed by atoms with van der Waals surface area (Å²) in [6.45, 7) is 0. The van der Waals surface area contributed by atoms with Gasteiger partial charge in [-0.2, -0.15) is 30.4 Å². The zero-order valence-electron chi connectivity index (χ0n) is 36.1. The number of nitrogens with two attached hydrogens (primary N) is 1. The van der Waals surface area contributed by atoms with E-state index in [0.717, 1.165) is 24.3 Å². The van der Waals surface area contributed by atoms with Gasteiger partial charge in [0.05, 0.1) is 34.1 Å². The van der Waals surface area contributed by atoms with Crippen molar-refractivity contribution in [2.24, 2.45) is 30.7 Å². The Balaban J connectivity index is 1.20. The second-order valence-electron chi connectivity index (χ2n) is 14.3. The Bertz CT molecular complexity index is 3660. The molecule has 0 saturated heterocycles. The molecule has 0 heterocycles. The van der Waals surface area contributed by atoms with Gasteiger partial charge in [0.15, 0.2) is 5.75 Å². The van der Waals surface area contributed by atoms with Crippen molar-refractivity contribution < 1.29 is 67.8 Å². The maximum absolute atomic E-state index is 12.8. The van der Waals surface area contributed by atoms with Gasteiger partial charge in [-0.1, -0.05) is 12.1 Å². The van der Waals surface area contributed by atoms with Crippen LogP contribution in [-0.2, 0) is 30.4 Å². The zero-order valence-corrected chi connectivity index (χ0v) is 38.5. The van der Waals surface area contributed by atoms with Crippen LogP contribution in [0.5, 0.6) is 28.7 Å². The van der Waals surface area contributed by atoms with E-state index in [9.17, 15) is 48.8 Å². The molecule has 0 aromatic heterocycles. The minimum atomic E-state index is -5.03. The lowest BCUT2D eigenvalue weighted by Crippen LogP contribution is -2.11. The van der Waals surface area contributed by atoms with Crippen LogP contribution in [0.2, 0.25) is 0 Å². The van der Waals surface area contributed by atoms with E-state index in [4.69, 9.17) is 24.7 Å². The molecular weight excluding hydrogens is 965 g/mol. The number of carbonyl (C=O) groups excluding carboxylic acids is 1. The van der Waals surface area contributed by atoms with E-state index in [2.05, 4.69) is 36.0 Å². The molecule has 7 rings (SSSR count). The number of nitrogens with zero attached hydrogens (tertiary/aromatic N) is 6. The number of methoxy groups -OCH3 is 4. The molecule has 69 heavy (non-hydrogen) atoms. The van der Waals surface area contributed by atoms with Crippen LogP contribution >= 0.6 is 0 Å². The predicted molar refractivity (Wildman–Crippen MR) is 249 cm³/mol. The van der Waals surface area contributed by atoms with Gasteiger partial charge >= 0.3 is 0 Å². The fourth-order valence-electron chi connectivity index (χ4n) is 6.73. The Morgan fingerprint density at radius 2 is 1.01 bits per heavy atom. The lowest BCUT2D eigenvalue weighted by atomic mass is 10.1. The van der Waals surface area contributed by atoms with Crippen molar-refractivity contribution in [1.29, 1.82) is 0 Å². The average Bonchev–Trinajstić information content (AvgIpc) is 3.30. The molecule has 0 aliphatic carbocycles. The van der Waals surface area contributed by atoms with Crippen molar-refractivity contribution in [3.05, 3.63) is 109 Å². The number of nitrogens with one attached hydrogen (secondary N) is 1. The van der Waals surface area contributed by atoms with Gasteiger partial charge in [0, 0.05) is 57.4 Å². The summed E-state index contributed by atoms with van der Waals surface area (Å²) in [5.41, 5.74) is 5.96. The summed E-state index contributed by atoms with van der Waals surface area (Å²) in [5.74, 6) is -0.975. The molecule has 7 aromatic rings. The molecule has 0 atom stereocenters. The van der Waals surface area contributed by atoms with Crippen molar-refractivity contribution in [3.8, 4) is 28.7 Å². The number of phenols is 1. The summed E-state index contributed by atoms with van der Waals surface area (Å²) in [5, 5.41) is 38.5. The molecule has 0 bridgehead atoms. The number of hydrogen-bond donors (Lipinski definition) is 6. The van der Waals surface area contributed by atoms with Gasteiger partial charge in [-0.05, 0) is 72.1 Å². The molecule has 0 unspecified atom stereocenters. The molecule has 7 aromatic carbocycles.